The van der Waals surface area contributed by atoms with Gasteiger partial charge in [-0.2, -0.15) is 0 Å². The first-order valence-electron chi connectivity index (χ1n) is 10.2. The van der Waals surface area contributed by atoms with Gasteiger partial charge in [-0.1, -0.05) is 37.3 Å². The molecule has 2 amide bonds. The standard InChI is InChI=1S/C22H26BrNO7/c1-13(18-16(26)12-17(23)22(29,31-18)10-6-7-11-25)20(27)24-14(2)19(30-21(24)28)15-8-4-3-5-9-15/h3-5,8-9,12-14,18-19,25,29H,6-7,10-11H2,1-2H3/t13-,14-,18-,19-,22+/m1/s1. The lowest BCUT2D eigenvalue weighted by atomic mass is 9.93. The number of benzene rings is 1. The SMILES string of the molecule is C[C@@H]1[C@H](c2ccccc2)OC(=O)N1C(=O)[C@H](C)[C@H]1O[C@@](O)(CCCCO)C(Br)=CC1=O. The summed E-state index contributed by atoms with van der Waals surface area (Å²) in [5.74, 6) is -3.91. The Morgan fingerprint density at radius 1 is 1.26 bits per heavy atom. The molecule has 5 atom stereocenters. The van der Waals surface area contributed by atoms with Crippen molar-refractivity contribution in [3.05, 3.63) is 46.5 Å². The van der Waals surface area contributed by atoms with E-state index in [1.54, 1.807) is 6.92 Å². The van der Waals surface area contributed by atoms with Crippen molar-refractivity contribution in [2.75, 3.05) is 6.61 Å². The molecule has 0 spiro atoms. The maximum absolute atomic E-state index is 13.2. The normalized spacial score (nSPS) is 29.5. The summed E-state index contributed by atoms with van der Waals surface area (Å²) in [6.45, 7) is 3.16. The van der Waals surface area contributed by atoms with Crippen molar-refractivity contribution in [3.8, 4) is 0 Å². The van der Waals surface area contributed by atoms with E-state index in [1.807, 2.05) is 30.3 Å². The Hall–Kier alpha value is -2.07. The summed E-state index contributed by atoms with van der Waals surface area (Å²) in [7, 11) is 0. The summed E-state index contributed by atoms with van der Waals surface area (Å²) >= 11 is 3.17. The molecule has 2 aliphatic rings. The van der Waals surface area contributed by atoms with Crippen LogP contribution in [0.1, 0.15) is 44.8 Å². The van der Waals surface area contributed by atoms with E-state index in [-0.39, 0.29) is 17.5 Å². The van der Waals surface area contributed by atoms with Crippen molar-refractivity contribution in [1.82, 2.24) is 4.90 Å². The number of aliphatic hydroxyl groups is 2. The Kier molecular flexibility index (Phi) is 7.31. The molecule has 31 heavy (non-hydrogen) atoms. The number of rotatable bonds is 7. The molecule has 9 heteroatoms. The van der Waals surface area contributed by atoms with E-state index >= 15 is 0 Å². The summed E-state index contributed by atoms with van der Waals surface area (Å²) in [6.07, 6.45) is -0.412. The van der Waals surface area contributed by atoms with E-state index in [0.29, 0.717) is 12.8 Å². The third kappa shape index (κ3) is 4.74. The number of nitrogens with zero attached hydrogens (tertiary/aromatic N) is 1. The largest absolute Gasteiger partial charge is 0.439 e. The molecule has 1 fully saturated rings. The maximum Gasteiger partial charge on any atom is 0.417 e. The molecule has 0 aromatic heterocycles. The lowest BCUT2D eigenvalue weighted by molar-refractivity contribution is -0.217. The van der Waals surface area contributed by atoms with Gasteiger partial charge in [0.1, 0.15) is 12.2 Å². The van der Waals surface area contributed by atoms with Gasteiger partial charge < -0.3 is 19.7 Å². The van der Waals surface area contributed by atoms with Gasteiger partial charge in [0.25, 0.3) is 0 Å². The van der Waals surface area contributed by atoms with Crippen molar-refractivity contribution in [3.63, 3.8) is 0 Å². The van der Waals surface area contributed by atoms with Crippen molar-refractivity contribution >= 4 is 33.7 Å². The molecule has 0 aliphatic carbocycles. The van der Waals surface area contributed by atoms with E-state index in [2.05, 4.69) is 15.9 Å². The lowest BCUT2D eigenvalue weighted by Gasteiger charge is -2.37. The predicted octanol–water partition coefficient (Wildman–Crippen LogP) is 2.83. The molecule has 8 nitrogen and oxygen atoms in total. The van der Waals surface area contributed by atoms with Crippen molar-refractivity contribution in [2.24, 2.45) is 5.92 Å². The minimum absolute atomic E-state index is 0.0355. The number of carbonyl (C=O) groups excluding carboxylic acids is 3. The number of carbonyl (C=O) groups is 3. The van der Waals surface area contributed by atoms with Crippen LogP contribution in [0.5, 0.6) is 0 Å². The molecule has 0 bridgehead atoms. The number of ether oxygens (including phenoxy) is 2. The second-order valence-electron chi connectivity index (χ2n) is 7.85. The van der Waals surface area contributed by atoms with E-state index < -0.39 is 47.7 Å². The Labute approximate surface area is 188 Å². The number of aliphatic hydroxyl groups excluding tert-OH is 1. The van der Waals surface area contributed by atoms with Crippen LogP contribution in [0.3, 0.4) is 0 Å². The number of ketones is 1. The van der Waals surface area contributed by atoms with Crippen LogP contribution in [0.25, 0.3) is 0 Å². The van der Waals surface area contributed by atoms with Gasteiger partial charge in [0, 0.05) is 13.0 Å². The second kappa shape index (κ2) is 9.60. The van der Waals surface area contributed by atoms with Crippen molar-refractivity contribution in [1.29, 1.82) is 0 Å². The van der Waals surface area contributed by atoms with Gasteiger partial charge in [-0.15, -0.1) is 0 Å². The zero-order chi connectivity index (χ0) is 22.8. The predicted molar refractivity (Wildman–Crippen MR) is 114 cm³/mol. The second-order valence-corrected chi connectivity index (χ2v) is 8.71. The average molecular weight is 496 g/mol. The highest BCUT2D eigenvalue weighted by Gasteiger charge is 2.49. The fourth-order valence-corrected chi connectivity index (χ4v) is 4.36. The molecule has 2 heterocycles. The van der Waals surface area contributed by atoms with Crippen LogP contribution in [0.4, 0.5) is 4.79 Å². The first kappa shape index (κ1) is 23.6. The number of unbranched alkanes of at least 4 members (excludes halogenated alkanes) is 1. The summed E-state index contributed by atoms with van der Waals surface area (Å²) in [4.78, 5) is 39.3. The monoisotopic (exact) mass is 495 g/mol. The van der Waals surface area contributed by atoms with Crippen LogP contribution in [-0.4, -0.2) is 57.4 Å². The minimum atomic E-state index is -1.79. The number of hydrogen-bond acceptors (Lipinski definition) is 7. The quantitative estimate of drug-likeness (QED) is 0.559. The number of amides is 2. The zero-order valence-electron chi connectivity index (χ0n) is 17.4. The smallest absolute Gasteiger partial charge is 0.417 e. The summed E-state index contributed by atoms with van der Waals surface area (Å²) in [5, 5.41) is 19.8. The fourth-order valence-electron chi connectivity index (χ4n) is 3.84. The van der Waals surface area contributed by atoms with Crippen molar-refractivity contribution in [2.45, 2.75) is 57.1 Å². The number of halogens is 1. The maximum atomic E-state index is 13.2. The van der Waals surface area contributed by atoms with Gasteiger partial charge in [-0.3, -0.25) is 9.59 Å². The Morgan fingerprint density at radius 2 is 1.94 bits per heavy atom. The highest BCUT2D eigenvalue weighted by molar-refractivity contribution is 9.11. The molecule has 168 valence electrons. The van der Waals surface area contributed by atoms with Crippen LogP contribution in [0, 0.1) is 5.92 Å². The Balaban J connectivity index is 1.77. The minimum Gasteiger partial charge on any atom is -0.439 e. The van der Waals surface area contributed by atoms with E-state index in [4.69, 9.17) is 14.6 Å². The number of cyclic esters (lactones) is 1. The lowest BCUT2D eigenvalue weighted by Crippen LogP contribution is -2.51. The number of imide groups is 1. The molecular formula is C22H26BrNO7. The molecule has 3 rings (SSSR count). The van der Waals surface area contributed by atoms with Gasteiger partial charge in [0.2, 0.25) is 5.91 Å². The van der Waals surface area contributed by atoms with Gasteiger partial charge in [-0.25, -0.2) is 9.69 Å². The highest BCUT2D eigenvalue weighted by atomic mass is 79.9. The molecular weight excluding hydrogens is 470 g/mol. The highest BCUT2D eigenvalue weighted by Crippen LogP contribution is 2.38. The summed E-state index contributed by atoms with van der Waals surface area (Å²) in [6, 6.07) is 8.53. The van der Waals surface area contributed by atoms with Gasteiger partial charge in [-0.05, 0) is 47.3 Å². The summed E-state index contributed by atoms with van der Waals surface area (Å²) < 4.78 is 11.3. The third-order valence-electron chi connectivity index (χ3n) is 5.65. The van der Waals surface area contributed by atoms with E-state index in [1.165, 1.54) is 13.0 Å². The van der Waals surface area contributed by atoms with E-state index in [9.17, 15) is 19.5 Å². The molecule has 0 radical (unpaired) electrons. The van der Waals surface area contributed by atoms with Crippen LogP contribution >= 0.6 is 15.9 Å². The van der Waals surface area contributed by atoms with Gasteiger partial charge in [0.15, 0.2) is 11.6 Å². The summed E-state index contributed by atoms with van der Waals surface area (Å²) in [5.41, 5.74) is 0.765. The first-order valence-corrected chi connectivity index (χ1v) is 11.0. The molecule has 2 N–H and O–H groups in total. The first-order chi connectivity index (χ1) is 14.7. The van der Waals surface area contributed by atoms with Gasteiger partial charge in [0.05, 0.1) is 16.4 Å². The Morgan fingerprint density at radius 3 is 2.58 bits per heavy atom. The van der Waals surface area contributed by atoms with Crippen LogP contribution < -0.4 is 0 Å². The molecule has 1 saturated heterocycles. The average Bonchev–Trinajstić information content (AvgIpc) is 3.05. The number of hydrogen-bond donors (Lipinski definition) is 2. The molecule has 0 saturated carbocycles. The van der Waals surface area contributed by atoms with Crippen LogP contribution in [0.15, 0.2) is 40.9 Å². The zero-order valence-corrected chi connectivity index (χ0v) is 18.9. The van der Waals surface area contributed by atoms with Crippen LogP contribution in [-0.2, 0) is 19.1 Å². The third-order valence-corrected chi connectivity index (χ3v) is 6.50. The van der Waals surface area contributed by atoms with Crippen LogP contribution in [0.2, 0.25) is 0 Å². The fraction of sp³-hybridized carbons (Fsp3) is 0.500. The Bertz CT molecular complexity index is 874. The topological polar surface area (TPSA) is 113 Å². The van der Waals surface area contributed by atoms with Gasteiger partial charge >= 0.3 is 6.09 Å². The van der Waals surface area contributed by atoms with Crippen molar-refractivity contribution < 1.29 is 34.1 Å². The molecule has 1 aromatic rings. The molecule has 1 aromatic carbocycles. The molecule has 2 aliphatic heterocycles. The van der Waals surface area contributed by atoms with E-state index in [0.717, 1.165) is 10.5 Å². The molecule has 0 unspecified atom stereocenters.